The molecule has 3 aromatic heterocycles. The van der Waals surface area contributed by atoms with Gasteiger partial charge in [-0.15, -0.1) is 0 Å². The fourth-order valence-corrected chi connectivity index (χ4v) is 5.40. The number of para-hydroxylation sites is 1. The van der Waals surface area contributed by atoms with Gasteiger partial charge in [-0.05, 0) is 31.5 Å². The molecule has 1 aliphatic heterocycles. The Morgan fingerprint density at radius 3 is 2.48 bits per heavy atom. The molecule has 0 atom stereocenters. The summed E-state index contributed by atoms with van der Waals surface area (Å²) in [6, 6.07) is 11.1. The summed E-state index contributed by atoms with van der Waals surface area (Å²) in [5, 5.41) is 8.58. The van der Waals surface area contributed by atoms with Crippen molar-refractivity contribution >= 4 is 22.4 Å². The van der Waals surface area contributed by atoms with Crippen LogP contribution in [0.5, 0.6) is 5.75 Å². The zero-order chi connectivity index (χ0) is 32.6. The number of anilines is 2. The molecule has 9 nitrogen and oxygen atoms in total. The van der Waals surface area contributed by atoms with Gasteiger partial charge in [0.25, 0.3) is 0 Å². The molecule has 0 aliphatic carbocycles. The molecule has 0 saturated carbocycles. The molecule has 6 rings (SSSR count). The van der Waals surface area contributed by atoms with Crippen molar-refractivity contribution in [3.63, 3.8) is 0 Å². The third-order valence-electron chi connectivity index (χ3n) is 7.59. The molecular weight excluding hydrogens is 609 g/mol. The van der Waals surface area contributed by atoms with E-state index in [1.54, 1.807) is 30.5 Å². The van der Waals surface area contributed by atoms with Crippen LogP contribution in [0.15, 0.2) is 48.7 Å². The first-order valence-electron chi connectivity index (χ1n) is 14.4. The van der Waals surface area contributed by atoms with E-state index in [2.05, 4.69) is 20.4 Å². The number of hydrogen-bond donors (Lipinski definition) is 1. The molecule has 4 heterocycles. The van der Waals surface area contributed by atoms with Crippen LogP contribution in [0.1, 0.15) is 28.1 Å². The van der Waals surface area contributed by atoms with Crippen LogP contribution in [-0.4, -0.2) is 62.7 Å². The van der Waals surface area contributed by atoms with Gasteiger partial charge in [0.05, 0.1) is 30.9 Å². The van der Waals surface area contributed by atoms with Gasteiger partial charge in [0.15, 0.2) is 5.82 Å². The topological polar surface area (TPSA) is 90.2 Å². The number of hydrogen-bond acceptors (Lipinski definition) is 8. The Labute approximate surface area is 261 Å². The molecule has 0 fully saturated rings. The Bertz CT molecular complexity index is 1890. The fourth-order valence-electron chi connectivity index (χ4n) is 5.40. The van der Waals surface area contributed by atoms with Crippen molar-refractivity contribution in [3.05, 3.63) is 88.4 Å². The molecule has 1 aliphatic rings. The Kier molecular flexibility index (Phi) is 8.57. The summed E-state index contributed by atoms with van der Waals surface area (Å²) in [5.41, 5.74) is 3.90. The minimum atomic E-state index is -4.39. The lowest BCUT2D eigenvalue weighted by Crippen LogP contribution is -2.30. The Hall–Kier alpha value is -4.69. The number of benzene rings is 2. The van der Waals surface area contributed by atoms with Crippen LogP contribution in [0, 0.1) is 25.5 Å². The summed E-state index contributed by atoms with van der Waals surface area (Å²) in [4.78, 5) is 15.0. The molecule has 2 aromatic carbocycles. The third-order valence-corrected chi connectivity index (χ3v) is 7.59. The highest BCUT2D eigenvalue weighted by Crippen LogP contribution is 2.35. The number of halogens is 5. The van der Waals surface area contributed by atoms with Crippen molar-refractivity contribution in [1.82, 2.24) is 29.6 Å². The van der Waals surface area contributed by atoms with E-state index in [0.717, 1.165) is 23.4 Å². The van der Waals surface area contributed by atoms with E-state index in [9.17, 15) is 13.2 Å². The Balaban J connectivity index is 1.41. The summed E-state index contributed by atoms with van der Waals surface area (Å²) in [6.45, 7) is 2.69. The zero-order valence-electron chi connectivity index (χ0n) is 25.3. The van der Waals surface area contributed by atoms with Crippen LogP contribution < -0.4 is 10.1 Å². The number of ether oxygens (including phenoxy) is 2. The van der Waals surface area contributed by atoms with Crippen molar-refractivity contribution in [2.45, 2.75) is 39.7 Å². The molecule has 46 heavy (non-hydrogen) atoms. The minimum absolute atomic E-state index is 0.000506. The minimum Gasteiger partial charge on any atom is -0.491 e. The molecule has 14 heteroatoms. The van der Waals surface area contributed by atoms with E-state index >= 15 is 8.78 Å². The first-order valence-corrected chi connectivity index (χ1v) is 14.4. The summed E-state index contributed by atoms with van der Waals surface area (Å²) < 4.78 is 82.1. The predicted molar refractivity (Wildman–Crippen MR) is 161 cm³/mol. The van der Waals surface area contributed by atoms with E-state index in [1.165, 1.54) is 16.7 Å². The lowest BCUT2D eigenvalue weighted by atomic mass is 10.1. The largest absolute Gasteiger partial charge is 0.491 e. The lowest BCUT2D eigenvalue weighted by Gasteiger charge is -2.16. The maximum absolute atomic E-state index is 15.1. The number of pyridine rings is 1. The number of rotatable bonds is 10. The van der Waals surface area contributed by atoms with Crippen LogP contribution in [-0.2, 0) is 24.4 Å². The smallest absolute Gasteiger partial charge is 0.401 e. The standard InChI is InChI=1S/C32H30F5N7O2/c1-18-13-38-19(2)10-26(18)39-30-23-14-43(17-32(35,36)37)16-27(23)40-31(41-30)29-21-6-4-5-7-28(21)44(42-29)15-22-24(33)11-20(12-25(22)34)46-9-8-45-3/h4-7,10-13H,8-9,14-17H2,1-3H3,(H,38,39,40,41). The highest BCUT2D eigenvalue weighted by Gasteiger charge is 2.35. The molecule has 0 radical (unpaired) electrons. The average Bonchev–Trinajstić information content (AvgIpc) is 3.57. The molecule has 0 amide bonds. The highest BCUT2D eigenvalue weighted by molar-refractivity contribution is 5.92. The number of fused-ring (bicyclic) bond motifs is 2. The van der Waals surface area contributed by atoms with Gasteiger partial charge in [-0.3, -0.25) is 14.6 Å². The van der Waals surface area contributed by atoms with E-state index in [4.69, 9.17) is 14.5 Å². The van der Waals surface area contributed by atoms with Crippen LogP contribution in [0.2, 0.25) is 0 Å². The molecule has 0 unspecified atom stereocenters. The van der Waals surface area contributed by atoms with Crippen molar-refractivity contribution in [2.24, 2.45) is 0 Å². The van der Waals surface area contributed by atoms with E-state index in [-0.39, 0.29) is 50.0 Å². The molecule has 0 saturated heterocycles. The summed E-state index contributed by atoms with van der Waals surface area (Å²) in [7, 11) is 1.49. The van der Waals surface area contributed by atoms with Gasteiger partial charge < -0.3 is 14.8 Å². The van der Waals surface area contributed by atoms with Crippen molar-refractivity contribution in [1.29, 1.82) is 0 Å². The molecular formula is C32H30F5N7O2. The molecule has 5 aromatic rings. The number of nitrogens with one attached hydrogen (secondary N) is 1. The third kappa shape index (κ3) is 6.63. The Morgan fingerprint density at radius 1 is 0.978 bits per heavy atom. The molecule has 1 N–H and O–H groups in total. The highest BCUT2D eigenvalue weighted by atomic mass is 19.4. The number of methoxy groups -OCH3 is 1. The zero-order valence-corrected chi connectivity index (χ0v) is 25.3. The van der Waals surface area contributed by atoms with Crippen LogP contribution in [0.4, 0.5) is 33.5 Å². The quantitative estimate of drug-likeness (QED) is 0.137. The summed E-state index contributed by atoms with van der Waals surface area (Å²) in [6.07, 6.45) is -2.69. The van der Waals surface area contributed by atoms with Gasteiger partial charge in [-0.2, -0.15) is 18.3 Å². The second kappa shape index (κ2) is 12.6. The van der Waals surface area contributed by atoms with Crippen molar-refractivity contribution in [3.8, 4) is 17.3 Å². The van der Waals surface area contributed by atoms with Crippen LogP contribution in [0.3, 0.4) is 0 Å². The van der Waals surface area contributed by atoms with E-state index in [1.807, 2.05) is 19.9 Å². The van der Waals surface area contributed by atoms with Gasteiger partial charge in [-0.1, -0.05) is 18.2 Å². The summed E-state index contributed by atoms with van der Waals surface area (Å²) >= 11 is 0. The number of nitrogens with zero attached hydrogens (tertiary/aromatic N) is 6. The Morgan fingerprint density at radius 2 is 1.74 bits per heavy atom. The predicted octanol–water partition coefficient (Wildman–Crippen LogP) is 6.48. The second-order valence-electron chi connectivity index (χ2n) is 11.1. The SMILES string of the molecule is COCCOc1cc(F)c(Cn2nc(-c3nc4c(c(Nc5cc(C)ncc5C)n3)CN(CC(F)(F)F)C4)c3ccccc32)c(F)c1. The van der Waals surface area contributed by atoms with E-state index in [0.29, 0.717) is 39.4 Å². The second-order valence-corrected chi connectivity index (χ2v) is 11.1. The number of aryl methyl sites for hydroxylation is 2. The lowest BCUT2D eigenvalue weighted by molar-refractivity contribution is -0.147. The van der Waals surface area contributed by atoms with E-state index < -0.39 is 24.4 Å². The molecule has 240 valence electrons. The maximum Gasteiger partial charge on any atom is 0.401 e. The van der Waals surface area contributed by atoms with Gasteiger partial charge >= 0.3 is 6.18 Å². The molecule has 0 bridgehead atoms. The van der Waals surface area contributed by atoms with Gasteiger partial charge in [0.1, 0.15) is 35.5 Å². The maximum atomic E-state index is 15.1. The first-order chi connectivity index (χ1) is 22.0. The molecule has 0 spiro atoms. The van der Waals surface area contributed by atoms with Crippen molar-refractivity contribution < 1.29 is 31.4 Å². The summed E-state index contributed by atoms with van der Waals surface area (Å²) in [5.74, 6) is -1.06. The fraction of sp³-hybridized carbons (Fsp3) is 0.312. The van der Waals surface area contributed by atoms with Gasteiger partial charge in [0, 0.05) is 66.4 Å². The van der Waals surface area contributed by atoms with Gasteiger partial charge in [0.2, 0.25) is 0 Å². The van der Waals surface area contributed by atoms with Crippen LogP contribution in [0.25, 0.3) is 22.4 Å². The van der Waals surface area contributed by atoms with Crippen molar-refractivity contribution in [2.75, 3.05) is 32.2 Å². The first kappa shape index (κ1) is 31.3. The normalized spacial score (nSPS) is 13.4. The average molecular weight is 640 g/mol. The van der Waals surface area contributed by atoms with Crippen LogP contribution >= 0.6 is 0 Å². The number of alkyl halides is 3. The monoisotopic (exact) mass is 639 g/mol. The number of aromatic nitrogens is 5. The van der Waals surface area contributed by atoms with Gasteiger partial charge in [-0.25, -0.2) is 18.7 Å².